The number of nitro benzene ring substituents is 1. The van der Waals surface area contributed by atoms with Gasteiger partial charge in [0.2, 0.25) is 0 Å². The number of ether oxygens (including phenoxy) is 2. The Morgan fingerprint density at radius 1 is 1.22 bits per heavy atom. The van der Waals surface area contributed by atoms with Gasteiger partial charge in [-0.3, -0.25) is 14.9 Å². The van der Waals surface area contributed by atoms with Crippen molar-refractivity contribution < 1.29 is 19.2 Å². The SMILES string of the molecule is COc1cc(OC)cc([C@H]2SCCN2C(=O)c2ccc(Cl)c([N+](=O)[O-])c2)c1. The zero-order valence-electron chi connectivity index (χ0n) is 14.7. The predicted octanol–water partition coefficient (Wildman–Crippen LogP) is 4.15. The van der Waals surface area contributed by atoms with E-state index in [1.165, 1.54) is 18.2 Å². The number of carbonyl (C=O) groups excluding carboxylic acids is 1. The van der Waals surface area contributed by atoms with E-state index in [9.17, 15) is 14.9 Å². The minimum atomic E-state index is -0.595. The Morgan fingerprint density at radius 3 is 2.48 bits per heavy atom. The molecule has 9 heteroatoms. The molecule has 1 atom stereocenters. The van der Waals surface area contributed by atoms with Gasteiger partial charge in [-0.05, 0) is 29.8 Å². The van der Waals surface area contributed by atoms with Gasteiger partial charge in [0.05, 0.1) is 19.1 Å². The van der Waals surface area contributed by atoms with Crippen LogP contribution in [0.4, 0.5) is 5.69 Å². The molecule has 2 aromatic rings. The Hall–Kier alpha value is -2.45. The molecule has 0 aliphatic carbocycles. The summed E-state index contributed by atoms with van der Waals surface area (Å²) in [5.74, 6) is 1.73. The molecule has 1 amide bonds. The van der Waals surface area contributed by atoms with Crippen LogP contribution in [0, 0.1) is 10.1 Å². The van der Waals surface area contributed by atoms with Gasteiger partial charge in [-0.25, -0.2) is 0 Å². The molecule has 0 bridgehead atoms. The van der Waals surface area contributed by atoms with Crippen LogP contribution in [0.1, 0.15) is 21.3 Å². The maximum atomic E-state index is 13.0. The number of amides is 1. The average molecular weight is 409 g/mol. The summed E-state index contributed by atoms with van der Waals surface area (Å²) < 4.78 is 10.6. The molecule has 1 aliphatic rings. The number of methoxy groups -OCH3 is 2. The molecule has 2 aromatic carbocycles. The number of hydrogen-bond acceptors (Lipinski definition) is 6. The topological polar surface area (TPSA) is 81.9 Å². The van der Waals surface area contributed by atoms with Crippen LogP contribution in [0.2, 0.25) is 5.02 Å². The number of hydrogen-bond donors (Lipinski definition) is 0. The second kappa shape index (κ2) is 8.06. The number of nitrogens with zero attached hydrogens (tertiary/aromatic N) is 2. The third-order valence-corrected chi connectivity index (χ3v) is 5.78. The Balaban J connectivity index is 1.94. The van der Waals surface area contributed by atoms with E-state index in [0.29, 0.717) is 18.0 Å². The van der Waals surface area contributed by atoms with Crippen LogP contribution in [0.25, 0.3) is 0 Å². The second-order valence-corrected chi connectivity index (χ2v) is 7.39. The van der Waals surface area contributed by atoms with Crippen LogP contribution in [0.15, 0.2) is 36.4 Å². The first-order valence-electron chi connectivity index (χ1n) is 8.04. The lowest BCUT2D eigenvalue weighted by atomic mass is 10.1. The van der Waals surface area contributed by atoms with Gasteiger partial charge < -0.3 is 14.4 Å². The van der Waals surface area contributed by atoms with E-state index in [2.05, 4.69) is 0 Å². The maximum absolute atomic E-state index is 13.0. The molecule has 0 spiro atoms. The molecular formula is C18H17ClN2O5S. The molecule has 7 nitrogen and oxygen atoms in total. The molecule has 1 saturated heterocycles. The zero-order chi connectivity index (χ0) is 19.6. The first kappa shape index (κ1) is 19.3. The predicted molar refractivity (Wildman–Crippen MR) is 104 cm³/mol. The van der Waals surface area contributed by atoms with Gasteiger partial charge >= 0.3 is 0 Å². The fourth-order valence-electron chi connectivity index (χ4n) is 2.88. The van der Waals surface area contributed by atoms with Crippen molar-refractivity contribution in [2.45, 2.75) is 5.37 Å². The average Bonchev–Trinajstić information content (AvgIpc) is 3.17. The molecule has 1 aliphatic heterocycles. The number of rotatable bonds is 5. The molecule has 0 aromatic heterocycles. The first-order valence-corrected chi connectivity index (χ1v) is 9.46. The standard InChI is InChI=1S/C18H17ClN2O5S/c1-25-13-7-12(8-14(10-13)26-2)18-20(5-6-27-18)17(22)11-3-4-15(19)16(9-11)21(23)24/h3-4,7-10,18H,5-6H2,1-2H3/t18-/m1/s1. The molecular weight excluding hydrogens is 392 g/mol. The largest absolute Gasteiger partial charge is 0.497 e. The van der Waals surface area contributed by atoms with Gasteiger partial charge in [0.15, 0.2) is 0 Å². The summed E-state index contributed by atoms with van der Waals surface area (Å²) >= 11 is 7.46. The second-order valence-electron chi connectivity index (χ2n) is 5.79. The van der Waals surface area contributed by atoms with Gasteiger partial charge in [-0.1, -0.05) is 11.6 Å². The van der Waals surface area contributed by atoms with Crippen LogP contribution in [0.5, 0.6) is 11.5 Å². The molecule has 0 N–H and O–H groups in total. The number of thioether (sulfide) groups is 1. The Bertz CT molecular complexity index is 870. The summed E-state index contributed by atoms with van der Waals surface area (Å²) in [5.41, 5.74) is 0.813. The number of carbonyl (C=O) groups is 1. The highest BCUT2D eigenvalue weighted by Crippen LogP contribution is 2.41. The van der Waals surface area contributed by atoms with E-state index in [0.717, 1.165) is 11.3 Å². The fraction of sp³-hybridized carbons (Fsp3) is 0.278. The van der Waals surface area contributed by atoms with Gasteiger partial charge in [0.25, 0.3) is 11.6 Å². The molecule has 3 rings (SSSR count). The Kier molecular flexibility index (Phi) is 5.76. The number of benzene rings is 2. The third kappa shape index (κ3) is 3.96. The summed E-state index contributed by atoms with van der Waals surface area (Å²) in [6.07, 6.45) is 0. The molecule has 0 saturated carbocycles. The summed E-state index contributed by atoms with van der Waals surface area (Å²) in [6, 6.07) is 9.57. The van der Waals surface area contributed by atoms with Crippen LogP contribution in [-0.2, 0) is 0 Å². The van der Waals surface area contributed by atoms with E-state index < -0.39 is 4.92 Å². The fourth-order valence-corrected chi connectivity index (χ4v) is 4.30. The normalized spacial score (nSPS) is 16.3. The van der Waals surface area contributed by atoms with E-state index in [1.54, 1.807) is 36.9 Å². The van der Waals surface area contributed by atoms with Crippen molar-refractivity contribution in [2.75, 3.05) is 26.5 Å². The molecule has 0 unspecified atom stereocenters. The minimum Gasteiger partial charge on any atom is -0.497 e. The lowest BCUT2D eigenvalue weighted by molar-refractivity contribution is -0.384. The quantitative estimate of drug-likeness (QED) is 0.546. The Morgan fingerprint density at radius 2 is 1.89 bits per heavy atom. The molecule has 1 heterocycles. The van der Waals surface area contributed by atoms with E-state index >= 15 is 0 Å². The molecule has 27 heavy (non-hydrogen) atoms. The first-order chi connectivity index (χ1) is 12.9. The van der Waals surface area contributed by atoms with Crippen molar-refractivity contribution >= 4 is 35.0 Å². The van der Waals surface area contributed by atoms with Crippen LogP contribution in [0.3, 0.4) is 0 Å². The van der Waals surface area contributed by atoms with Crippen LogP contribution in [-0.4, -0.2) is 42.2 Å². The minimum absolute atomic E-state index is 0.00132. The summed E-state index contributed by atoms with van der Waals surface area (Å²) in [4.78, 5) is 25.2. The number of nitro groups is 1. The monoisotopic (exact) mass is 408 g/mol. The lowest BCUT2D eigenvalue weighted by Crippen LogP contribution is -2.30. The molecule has 1 fully saturated rings. The van der Waals surface area contributed by atoms with Crippen LogP contribution < -0.4 is 9.47 Å². The van der Waals surface area contributed by atoms with Gasteiger partial charge in [0, 0.05) is 30.0 Å². The summed E-state index contributed by atoms with van der Waals surface area (Å²) in [6.45, 7) is 0.532. The maximum Gasteiger partial charge on any atom is 0.288 e. The Labute approximate surface area is 165 Å². The molecule has 0 radical (unpaired) electrons. The summed E-state index contributed by atoms with van der Waals surface area (Å²) in [5, 5.41) is 10.9. The zero-order valence-corrected chi connectivity index (χ0v) is 16.2. The van der Waals surface area contributed by atoms with Gasteiger partial charge in [0.1, 0.15) is 21.9 Å². The van der Waals surface area contributed by atoms with Gasteiger partial charge in [-0.2, -0.15) is 0 Å². The van der Waals surface area contributed by atoms with Crippen molar-refractivity contribution in [3.05, 3.63) is 62.7 Å². The highest BCUT2D eigenvalue weighted by Gasteiger charge is 2.32. The number of halogens is 1. The van der Waals surface area contributed by atoms with E-state index in [1.807, 2.05) is 12.1 Å². The smallest absolute Gasteiger partial charge is 0.288 e. The van der Waals surface area contributed by atoms with Crippen LogP contribution >= 0.6 is 23.4 Å². The van der Waals surface area contributed by atoms with E-state index in [4.69, 9.17) is 21.1 Å². The lowest BCUT2D eigenvalue weighted by Gasteiger charge is -2.25. The highest BCUT2D eigenvalue weighted by atomic mass is 35.5. The summed E-state index contributed by atoms with van der Waals surface area (Å²) in [7, 11) is 3.13. The van der Waals surface area contributed by atoms with Crippen molar-refractivity contribution in [1.29, 1.82) is 0 Å². The van der Waals surface area contributed by atoms with Gasteiger partial charge in [-0.15, -0.1) is 11.8 Å². The van der Waals surface area contributed by atoms with Crippen molar-refractivity contribution in [3.8, 4) is 11.5 Å². The van der Waals surface area contributed by atoms with Crippen molar-refractivity contribution in [3.63, 3.8) is 0 Å². The van der Waals surface area contributed by atoms with Crippen molar-refractivity contribution in [2.24, 2.45) is 0 Å². The van der Waals surface area contributed by atoms with Crippen molar-refractivity contribution in [1.82, 2.24) is 4.90 Å². The van der Waals surface area contributed by atoms with E-state index in [-0.39, 0.29) is 27.6 Å². The highest BCUT2D eigenvalue weighted by molar-refractivity contribution is 7.99. The third-order valence-electron chi connectivity index (χ3n) is 4.20. The molecule has 142 valence electrons.